The predicted molar refractivity (Wildman–Crippen MR) is 90.8 cm³/mol. The first kappa shape index (κ1) is 15.0. The van der Waals surface area contributed by atoms with E-state index in [0.29, 0.717) is 19.0 Å². The zero-order valence-corrected chi connectivity index (χ0v) is 13.8. The Morgan fingerprint density at radius 1 is 1.00 bits per heavy atom. The molecule has 1 aromatic heterocycles. The lowest BCUT2D eigenvalue weighted by Crippen LogP contribution is -2.01. The van der Waals surface area contributed by atoms with Crippen LogP contribution in [0, 0.1) is 0 Å². The molecule has 0 unspecified atom stereocenters. The van der Waals surface area contributed by atoms with Crippen molar-refractivity contribution in [3.05, 3.63) is 54.4 Å². The van der Waals surface area contributed by atoms with Gasteiger partial charge in [0.2, 0.25) is 0 Å². The number of thioether (sulfide) groups is 1. The van der Waals surface area contributed by atoms with Crippen LogP contribution in [0.3, 0.4) is 0 Å². The molecule has 2 aromatic carbocycles. The summed E-state index contributed by atoms with van der Waals surface area (Å²) < 4.78 is 13.2. The Morgan fingerprint density at radius 3 is 2.71 bits per heavy atom. The first-order valence-electron chi connectivity index (χ1n) is 7.75. The second kappa shape index (κ2) is 6.92. The molecule has 0 radical (unpaired) electrons. The number of benzene rings is 2. The first-order chi connectivity index (χ1) is 11.9. The summed E-state index contributed by atoms with van der Waals surface area (Å²) in [4.78, 5) is 1.10. The van der Waals surface area contributed by atoms with Crippen LogP contribution in [-0.2, 0) is 5.75 Å². The van der Waals surface area contributed by atoms with Gasteiger partial charge in [0.25, 0.3) is 0 Å². The van der Waals surface area contributed by atoms with Gasteiger partial charge < -0.3 is 9.47 Å². The minimum Gasteiger partial charge on any atom is -0.490 e. The summed E-state index contributed by atoms with van der Waals surface area (Å²) in [7, 11) is 0. The molecule has 0 amide bonds. The van der Waals surface area contributed by atoms with Crippen LogP contribution in [0.2, 0.25) is 0 Å². The molecule has 1 aliphatic heterocycles. The van der Waals surface area contributed by atoms with Crippen LogP contribution in [0.25, 0.3) is 5.69 Å². The summed E-state index contributed by atoms with van der Waals surface area (Å²) >= 11 is 1.67. The molecule has 0 atom stereocenters. The Balaban J connectivity index is 1.50. The molecule has 0 saturated carbocycles. The lowest BCUT2D eigenvalue weighted by molar-refractivity contribution is 0.297. The topological polar surface area (TPSA) is 62.1 Å². The number of fused-ring (bicyclic) bond motifs is 1. The number of tetrazole rings is 1. The highest BCUT2D eigenvalue weighted by atomic mass is 32.2. The van der Waals surface area contributed by atoms with Crippen molar-refractivity contribution in [2.75, 3.05) is 13.2 Å². The maximum absolute atomic E-state index is 5.74. The van der Waals surface area contributed by atoms with E-state index < -0.39 is 0 Å². The second-order valence-corrected chi connectivity index (χ2v) is 6.34. The molecule has 7 heteroatoms. The fourth-order valence-electron chi connectivity index (χ4n) is 2.45. The van der Waals surface area contributed by atoms with Crippen molar-refractivity contribution >= 4 is 11.8 Å². The van der Waals surface area contributed by atoms with Gasteiger partial charge in [-0.05, 0) is 40.8 Å². The van der Waals surface area contributed by atoms with E-state index in [1.807, 2.05) is 48.5 Å². The van der Waals surface area contributed by atoms with E-state index in [1.165, 1.54) is 0 Å². The SMILES string of the molecule is c1ccc(-n2nnnc2CSc2ccc3c(c2)OCCCO3)cc1. The van der Waals surface area contributed by atoms with Gasteiger partial charge in [-0.15, -0.1) is 16.9 Å². The number of nitrogens with zero attached hydrogens (tertiary/aromatic N) is 4. The van der Waals surface area contributed by atoms with Gasteiger partial charge in [-0.3, -0.25) is 0 Å². The highest BCUT2D eigenvalue weighted by molar-refractivity contribution is 7.98. The molecule has 0 saturated heterocycles. The molecule has 1 aliphatic rings. The van der Waals surface area contributed by atoms with Crippen molar-refractivity contribution in [3.63, 3.8) is 0 Å². The van der Waals surface area contributed by atoms with Crippen LogP contribution >= 0.6 is 11.8 Å². The Bertz CT molecular complexity index is 822. The van der Waals surface area contributed by atoms with E-state index in [0.717, 1.165) is 34.3 Å². The molecule has 0 fully saturated rings. The Kier molecular flexibility index (Phi) is 4.33. The molecule has 0 aliphatic carbocycles. The summed E-state index contributed by atoms with van der Waals surface area (Å²) in [5, 5.41) is 12.0. The monoisotopic (exact) mass is 340 g/mol. The van der Waals surface area contributed by atoms with Crippen molar-refractivity contribution < 1.29 is 9.47 Å². The fraction of sp³-hybridized carbons (Fsp3) is 0.235. The largest absolute Gasteiger partial charge is 0.490 e. The third-order valence-electron chi connectivity index (χ3n) is 3.62. The smallest absolute Gasteiger partial charge is 0.166 e. The average Bonchev–Trinajstić information content (AvgIpc) is 2.98. The molecular weight excluding hydrogens is 324 g/mol. The number of aromatic nitrogens is 4. The highest BCUT2D eigenvalue weighted by Crippen LogP contribution is 2.34. The molecule has 3 aromatic rings. The van der Waals surface area contributed by atoms with Gasteiger partial charge in [0.15, 0.2) is 17.3 Å². The maximum atomic E-state index is 5.74. The Labute approximate surface area is 143 Å². The van der Waals surface area contributed by atoms with Crippen molar-refractivity contribution in [3.8, 4) is 17.2 Å². The number of ether oxygens (including phenoxy) is 2. The molecule has 4 rings (SSSR count). The molecule has 24 heavy (non-hydrogen) atoms. The van der Waals surface area contributed by atoms with E-state index in [9.17, 15) is 0 Å². The fourth-order valence-corrected chi connectivity index (χ4v) is 3.28. The maximum Gasteiger partial charge on any atom is 0.166 e. The van der Waals surface area contributed by atoms with Gasteiger partial charge in [0.1, 0.15) is 0 Å². The second-order valence-electron chi connectivity index (χ2n) is 5.29. The molecule has 0 spiro atoms. The number of rotatable bonds is 4. The van der Waals surface area contributed by atoms with E-state index in [2.05, 4.69) is 15.5 Å². The Morgan fingerprint density at radius 2 is 1.83 bits per heavy atom. The predicted octanol–water partition coefficient (Wildman–Crippen LogP) is 3.12. The normalized spacial score (nSPS) is 13.5. The van der Waals surface area contributed by atoms with Crippen molar-refractivity contribution in [2.24, 2.45) is 0 Å². The lowest BCUT2D eigenvalue weighted by atomic mass is 10.3. The van der Waals surface area contributed by atoms with E-state index in [1.54, 1.807) is 16.4 Å². The summed E-state index contributed by atoms with van der Waals surface area (Å²) in [5.41, 5.74) is 0.955. The summed E-state index contributed by atoms with van der Waals surface area (Å²) in [6.45, 7) is 1.39. The number of hydrogen-bond donors (Lipinski definition) is 0. The molecule has 6 nitrogen and oxygen atoms in total. The van der Waals surface area contributed by atoms with Crippen molar-refractivity contribution in [1.29, 1.82) is 0 Å². The van der Waals surface area contributed by atoms with Crippen LogP contribution in [0.5, 0.6) is 11.5 Å². The van der Waals surface area contributed by atoms with Gasteiger partial charge in [-0.1, -0.05) is 18.2 Å². The zero-order valence-electron chi connectivity index (χ0n) is 13.0. The van der Waals surface area contributed by atoms with Crippen molar-refractivity contribution in [1.82, 2.24) is 20.2 Å². The molecule has 0 N–H and O–H groups in total. The van der Waals surface area contributed by atoms with Crippen LogP contribution in [0.1, 0.15) is 12.2 Å². The van der Waals surface area contributed by atoms with E-state index >= 15 is 0 Å². The Hall–Kier alpha value is -2.54. The first-order valence-corrected chi connectivity index (χ1v) is 8.74. The quantitative estimate of drug-likeness (QED) is 0.680. The van der Waals surface area contributed by atoms with Crippen LogP contribution in [0.4, 0.5) is 0 Å². The number of hydrogen-bond acceptors (Lipinski definition) is 6. The third kappa shape index (κ3) is 3.21. The van der Waals surface area contributed by atoms with Gasteiger partial charge in [-0.2, -0.15) is 4.68 Å². The lowest BCUT2D eigenvalue weighted by Gasteiger charge is -2.09. The standard InChI is InChI=1S/C17H16N4O2S/c1-2-5-13(6-3-1)21-17(18-19-20-21)12-24-14-7-8-15-16(11-14)23-10-4-9-22-15/h1-3,5-8,11H,4,9-10,12H2. The summed E-state index contributed by atoms with van der Waals surface area (Å²) in [5.74, 6) is 3.09. The molecule has 122 valence electrons. The van der Waals surface area contributed by atoms with Gasteiger partial charge >= 0.3 is 0 Å². The van der Waals surface area contributed by atoms with E-state index in [-0.39, 0.29) is 0 Å². The summed E-state index contributed by atoms with van der Waals surface area (Å²) in [6.07, 6.45) is 0.906. The molecular formula is C17H16N4O2S. The summed E-state index contributed by atoms with van der Waals surface area (Å²) in [6, 6.07) is 15.9. The number of para-hydroxylation sites is 1. The minimum absolute atomic E-state index is 0.668. The van der Waals surface area contributed by atoms with Gasteiger partial charge in [0, 0.05) is 11.3 Å². The highest BCUT2D eigenvalue weighted by Gasteiger charge is 2.13. The third-order valence-corrected chi connectivity index (χ3v) is 4.61. The molecule has 0 bridgehead atoms. The van der Waals surface area contributed by atoms with Gasteiger partial charge in [0.05, 0.1) is 24.7 Å². The van der Waals surface area contributed by atoms with Crippen molar-refractivity contribution in [2.45, 2.75) is 17.1 Å². The molecule has 2 heterocycles. The van der Waals surface area contributed by atoms with Crippen LogP contribution in [-0.4, -0.2) is 33.4 Å². The van der Waals surface area contributed by atoms with E-state index in [4.69, 9.17) is 9.47 Å². The minimum atomic E-state index is 0.668. The zero-order chi connectivity index (χ0) is 16.2. The van der Waals surface area contributed by atoms with Crippen LogP contribution in [0.15, 0.2) is 53.4 Å². The average molecular weight is 340 g/mol. The van der Waals surface area contributed by atoms with Crippen LogP contribution < -0.4 is 9.47 Å². The van der Waals surface area contributed by atoms with Gasteiger partial charge in [-0.25, -0.2) is 0 Å².